The molecular weight excluding hydrogens is 350 g/mol. The molecule has 114 valence electrons. The van der Waals surface area contributed by atoms with Crippen molar-refractivity contribution in [2.45, 2.75) is 0 Å². The highest BCUT2D eigenvalue weighted by Gasteiger charge is 2.33. The number of halogens is 1. The molecule has 0 aromatic heterocycles. The SMILES string of the molecule is O=C(O)CN1C(=O)C(=Cc2cc3c(cc2Cl)OCO3)SC1=S. The third-order valence-electron chi connectivity index (χ3n) is 2.95. The predicted molar refractivity (Wildman–Crippen MR) is 85.1 cm³/mol. The number of fused-ring (bicyclic) bond motifs is 1. The second-order valence-electron chi connectivity index (χ2n) is 4.39. The van der Waals surface area contributed by atoms with E-state index in [0.717, 1.165) is 16.7 Å². The summed E-state index contributed by atoms with van der Waals surface area (Å²) in [6.45, 7) is -0.341. The van der Waals surface area contributed by atoms with Crippen LogP contribution < -0.4 is 9.47 Å². The molecule has 0 bridgehead atoms. The highest BCUT2D eigenvalue weighted by Crippen LogP contribution is 2.39. The van der Waals surface area contributed by atoms with E-state index in [1.54, 1.807) is 18.2 Å². The molecule has 2 heterocycles. The second kappa shape index (κ2) is 5.79. The number of hydrogen-bond donors (Lipinski definition) is 1. The van der Waals surface area contributed by atoms with Gasteiger partial charge in [-0.15, -0.1) is 0 Å². The van der Waals surface area contributed by atoms with Gasteiger partial charge in [-0.2, -0.15) is 0 Å². The van der Waals surface area contributed by atoms with Gasteiger partial charge in [0.2, 0.25) is 6.79 Å². The molecule has 0 saturated carbocycles. The number of carboxylic acid groups (broad SMARTS) is 1. The molecule has 6 nitrogen and oxygen atoms in total. The van der Waals surface area contributed by atoms with Crippen LogP contribution in [0.1, 0.15) is 5.56 Å². The van der Waals surface area contributed by atoms with Crippen LogP contribution >= 0.6 is 35.6 Å². The van der Waals surface area contributed by atoms with E-state index in [4.69, 9.17) is 38.4 Å². The number of thioether (sulfide) groups is 1. The summed E-state index contributed by atoms with van der Waals surface area (Å²) in [5.41, 5.74) is 0.571. The minimum absolute atomic E-state index is 0.121. The Morgan fingerprint density at radius 2 is 2.14 bits per heavy atom. The van der Waals surface area contributed by atoms with E-state index in [-0.39, 0.29) is 11.1 Å². The number of carbonyl (C=O) groups excluding carboxylic acids is 1. The number of carbonyl (C=O) groups is 2. The Labute approximate surface area is 139 Å². The molecule has 1 saturated heterocycles. The zero-order chi connectivity index (χ0) is 15.9. The monoisotopic (exact) mass is 357 g/mol. The van der Waals surface area contributed by atoms with Gasteiger partial charge in [-0.3, -0.25) is 14.5 Å². The van der Waals surface area contributed by atoms with Crippen LogP contribution in [0, 0.1) is 0 Å². The Kier molecular flexibility index (Phi) is 3.98. The van der Waals surface area contributed by atoms with Crippen molar-refractivity contribution in [3.05, 3.63) is 27.6 Å². The van der Waals surface area contributed by atoms with Crippen LogP contribution in [-0.2, 0) is 9.59 Å². The number of aliphatic carboxylic acids is 1. The number of nitrogens with zero attached hydrogens (tertiary/aromatic N) is 1. The summed E-state index contributed by atoms with van der Waals surface area (Å²) in [4.78, 5) is 24.3. The minimum Gasteiger partial charge on any atom is -0.480 e. The normalized spacial score (nSPS) is 18.4. The van der Waals surface area contributed by atoms with Gasteiger partial charge in [-0.1, -0.05) is 35.6 Å². The fraction of sp³-hybridized carbons (Fsp3) is 0.154. The molecule has 0 unspecified atom stereocenters. The average molecular weight is 358 g/mol. The molecule has 1 aromatic rings. The zero-order valence-electron chi connectivity index (χ0n) is 10.9. The molecule has 2 aliphatic heterocycles. The third kappa shape index (κ3) is 2.77. The number of amides is 1. The van der Waals surface area contributed by atoms with Crippen molar-refractivity contribution in [2.75, 3.05) is 13.3 Å². The number of rotatable bonds is 3. The van der Waals surface area contributed by atoms with Gasteiger partial charge in [0.25, 0.3) is 5.91 Å². The molecular formula is C13H8ClNO5S2. The van der Waals surface area contributed by atoms with Crippen molar-refractivity contribution < 1.29 is 24.2 Å². The molecule has 0 radical (unpaired) electrons. The first-order valence-electron chi connectivity index (χ1n) is 6.02. The number of carboxylic acids is 1. The smallest absolute Gasteiger partial charge is 0.323 e. The third-order valence-corrected chi connectivity index (χ3v) is 4.65. The molecule has 22 heavy (non-hydrogen) atoms. The van der Waals surface area contributed by atoms with E-state index < -0.39 is 18.4 Å². The second-order valence-corrected chi connectivity index (χ2v) is 6.47. The number of thiocarbonyl (C=S) groups is 1. The maximum absolute atomic E-state index is 12.2. The van der Waals surface area contributed by atoms with Crippen molar-refractivity contribution in [2.24, 2.45) is 0 Å². The standard InChI is InChI=1S/C13H8ClNO5S2/c14-7-3-9-8(19-5-20-9)1-6(7)2-10-12(18)15(4-11(16)17)13(21)22-10/h1-3H,4-5H2,(H,16,17). The molecule has 1 fully saturated rings. The molecule has 0 atom stereocenters. The molecule has 2 aliphatic rings. The Morgan fingerprint density at radius 3 is 2.82 bits per heavy atom. The van der Waals surface area contributed by atoms with Crippen molar-refractivity contribution >= 4 is 57.9 Å². The van der Waals surface area contributed by atoms with E-state index in [0.29, 0.717) is 27.0 Å². The van der Waals surface area contributed by atoms with E-state index in [1.807, 2.05) is 0 Å². The molecule has 3 rings (SSSR count). The Morgan fingerprint density at radius 1 is 1.45 bits per heavy atom. The quantitative estimate of drug-likeness (QED) is 0.657. The van der Waals surface area contributed by atoms with Gasteiger partial charge < -0.3 is 14.6 Å². The first-order chi connectivity index (χ1) is 10.5. The number of hydrogen-bond acceptors (Lipinski definition) is 6. The van der Waals surface area contributed by atoms with E-state index in [1.165, 1.54) is 0 Å². The number of ether oxygens (including phenoxy) is 2. The van der Waals surface area contributed by atoms with Gasteiger partial charge >= 0.3 is 5.97 Å². The lowest BCUT2D eigenvalue weighted by Crippen LogP contribution is -2.33. The van der Waals surface area contributed by atoms with Crippen molar-refractivity contribution in [1.82, 2.24) is 4.90 Å². The zero-order valence-corrected chi connectivity index (χ0v) is 13.3. The van der Waals surface area contributed by atoms with Gasteiger partial charge in [-0.25, -0.2) is 0 Å². The fourth-order valence-corrected chi connectivity index (χ4v) is 3.41. The van der Waals surface area contributed by atoms with Crippen molar-refractivity contribution in [1.29, 1.82) is 0 Å². The molecule has 1 amide bonds. The first-order valence-corrected chi connectivity index (χ1v) is 7.62. The van der Waals surface area contributed by atoms with Crippen LogP contribution in [0.3, 0.4) is 0 Å². The summed E-state index contributed by atoms with van der Waals surface area (Å²) < 4.78 is 10.7. The molecule has 1 aromatic carbocycles. The summed E-state index contributed by atoms with van der Waals surface area (Å²) in [5, 5.41) is 9.20. The van der Waals surface area contributed by atoms with Crippen molar-refractivity contribution in [3.8, 4) is 11.5 Å². The van der Waals surface area contributed by atoms with E-state index >= 15 is 0 Å². The topological polar surface area (TPSA) is 76.1 Å². The van der Waals surface area contributed by atoms with Gasteiger partial charge in [-0.05, 0) is 17.7 Å². The van der Waals surface area contributed by atoms with E-state index in [9.17, 15) is 9.59 Å². The summed E-state index contributed by atoms with van der Waals surface area (Å²) >= 11 is 12.2. The van der Waals surface area contributed by atoms with Crippen LogP contribution in [0.5, 0.6) is 11.5 Å². The van der Waals surface area contributed by atoms with Crippen LogP contribution in [0.2, 0.25) is 5.02 Å². The van der Waals surface area contributed by atoms with E-state index in [2.05, 4.69) is 0 Å². The number of benzene rings is 1. The van der Waals surface area contributed by atoms with Gasteiger partial charge in [0.05, 0.1) is 9.93 Å². The van der Waals surface area contributed by atoms with Crippen LogP contribution in [-0.4, -0.2) is 39.5 Å². The Bertz CT molecular complexity index is 733. The molecule has 9 heteroatoms. The molecule has 0 aliphatic carbocycles. The largest absolute Gasteiger partial charge is 0.480 e. The Balaban J connectivity index is 1.91. The summed E-state index contributed by atoms with van der Waals surface area (Å²) in [7, 11) is 0. The van der Waals surface area contributed by atoms with Crippen LogP contribution in [0.15, 0.2) is 17.0 Å². The van der Waals surface area contributed by atoms with Crippen molar-refractivity contribution in [3.63, 3.8) is 0 Å². The lowest BCUT2D eigenvalue weighted by atomic mass is 10.2. The first kappa shape index (κ1) is 15.1. The predicted octanol–water partition coefficient (Wildman–Crippen LogP) is 2.35. The van der Waals surface area contributed by atoms with Gasteiger partial charge in [0, 0.05) is 6.07 Å². The molecule has 0 spiro atoms. The van der Waals surface area contributed by atoms with Gasteiger partial charge in [0.1, 0.15) is 10.9 Å². The average Bonchev–Trinajstić information content (AvgIpc) is 2.99. The Hall–Kier alpha value is -1.77. The highest BCUT2D eigenvalue weighted by atomic mass is 35.5. The van der Waals surface area contributed by atoms with Crippen LogP contribution in [0.25, 0.3) is 6.08 Å². The summed E-state index contributed by atoms with van der Waals surface area (Å²) in [5.74, 6) is -0.498. The highest BCUT2D eigenvalue weighted by molar-refractivity contribution is 8.26. The molecule has 1 N–H and O–H groups in total. The van der Waals surface area contributed by atoms with Crippen LogP contribution in [0.4, 0.5) is 0 Å². The summed E-state index contributed by atoms with van der Waals surface area (Å²) in [6, 6.07) is 3.27. The minimum atomic E-state index is -1.13. The lowest BCUT2D eigenvalue weighted by Gasteiger charge is -2.10. The maximum atomic E-state index is 12.2. The summed E-state index contributed by atoms with van der Waals surface area (Å²) in [6.07, 6.45) is 1.56. The fourth-order valence-electron chi connectivity index (χ4n) is 1.96. The lowest BCUT2D eigenvalue weighted by molar-refractivity contribution is -0.140. The van der Waals surface area contributed by atoms with Gasteiger partial charge in [0.15, 0.2) is 11.5 Å². The maximum Gasteiger partial charge on any atom is 0.323 e.